The Balaban J connectivity index is 1.10. The van der Waals surface area contributed by atoms with Crippen LogP contribution in [0.15, 0.2) is 72.8 Å². The lowest BCUT2D eigenvalue weighted by atomic mass is 9.64. The molecule has 9 rings (SSSR count). The van der Waals surface area contributed by atoms with Crippen molar-refractivity contribution in [2.24, 2.45) is 10.8 Å². The van der Waals surface area contributed by atoms with Crippen LogP contribution in [-0.2, 0) is 31.2 Å². The minimum absolute atomic E-state index is 0.203. The van der Waals surface area contributed by atoms with Gasteiger partial charge in [-0.1, -0.05) is 77.9 Å². The van der Waals surface area contributed by atoms with E-state index in [4.69, 9.17) is 29.4 Å². The van der Waals surface area contributed by atoms with Crippen molar-refractivity contribution in [3.63, 3.8) is 0 Å². The summed E-state index contributed by atoms with van der Waals surface area (Å²) in [5.74, 6) is -0.402. The Morgan fingerprint density at radius 2 is 0.792 bits per heavy atom. The number of ether oxygens (including phenoxy) is 2. The van der Waals surface area contributed by atoms with Crippen LogP contribution in [0.25, 0.3) is 22.1 Å². The highest BCUT2D eigenvalue weighted by atomic mass is 16.6. The van der Waals surface area contributed by atoms with E-state index < -0.39 is 33.6 Å². The molecule has 3 aromatic carbocycles. The smallest absolute Gasteiger partial charge is 0.324 e. The molecule has 48 heavy (non-hydrogen) atoms. The zero-order valence-electron chi connectivity index (χ0n) is 28.2. The molecule has 4 bridgehead atoms. The summed E-state index contributed by atoms with van der Waals surface area (Å²) in [4.78, 5) is 49.6. The lowest BCUT2D eigenvalue weighted by molar-refractivity contribution is -0.148. The number of fused-ring (bicyclic) bond motifs is 12. The molecule has 2 saturated carbocycles. The predicted molar refractivity (Wildman–Crippen MR) is 181 cm³/mol. The second-order valence-electron chi connectivity index (χ2n) is 15.8. The van der Waals surface area contributed by atoms with Crippen LogP contribution in [-0.4, -0.2) is 31.9 Å². The molecule has 0 N–H and O–H groups in total. The zero-order chi connectivity index (χ0) is 33.5. The van der Waals surface area contributed by atoms with E-state index in [0.717, 1.165) is 46.3 Å². The van der Waals surface area contributed by atoms with Crippen LogP contribution in [0, 0.1) is 10.8 Å². The number of carbonyl (C=O) groups is 2. The number of nitrogens with zero attached hydrogens (tertiary/aromatic N) is 4. The van der Waals surface area contributed by atoms with Crippen molar-refractivity contribution >= 4 is 34.0 Å². The molecule has 4 aliphatic carbocycles. The summed E-state index contributed by atoms with van der Waals surface area (Å²) in [6.45, 7) is 12.9. The fraction of sp³-hybridized carbons (Fsp3) is 0.400. The average Bonchev–Trinajstić information content (AvgIpc) is 3.54. The minimum Gasteiger partial charge on any atom is -0.422 e. The number of hydrogen-bond donors (Lipinski definition) is 0. The minimum atomic E-state index is -1.01. The van der Waals surface area contributed by atoms with E-state index in [1.54, 1.807) is 24.3 Å². The van der Waals surface area contributed by atoms with Crippen molar-refractivity contribution in [1.82, 2.24) is 19.9 Å². The molecular weight excluding hydrogens is 600 g/mol. The normalized spacial score (nSPS) is 30.0. The lowest BCUT2D eigenvalue weighted by Gasteiger charge is -2.39. The Labute approximate surface area is 279 Å². The van der Waals surface area contributed by atoms with E-state index in [1.165, 1.54) is 0 Å². The molecule has 4 aliphatic rings. The molecular formula is C40H38N4O4. The molecule has 0 radical (unpaired) electrons. The number of para-hydroxylation sites is 6. The van der Waals surface area contributed by atoms with Gasteiger partial charge in [-0.25, -0.2) is 19.9 Å². The Morgan fingerprint density at radius 3 is 1.15 bits per heavy atom. The molecule has 5 aromatic rings. The first-order chi connectivity index (χ1) is 22.8. The topological polar surface area (TPSA) is 104 Å². The van der Waals surface area contributed by atoms with Crippen LogP contribution in [0.2, 0.25) is 0 Å². The molecule has 2 fully saturated rings. The van der Waals surface area contributed by atoms with Gasteiger partial charge >= 0.3 is 11.9 Å². The van der Waals surface area contributed by atoms with Gasteiger partial charge in [0.25, 0.3) is 0 Å². The van der Waals surface area contributed by atoms with Gasteiger partial charge in [0.05, 0.1) is 44.8 Å². The Bertz CT molecular complexity index is 2110. The molecule has 8 heteroatoms. The highest BCUT2D eigenvalue weighted by molar-refractivity contribution is 5.93. The number of rotatable bonds is 4. The van der Waals surface area contributed by atoms with E-state index in [0.29, 0.717) is 24.2 Å². The van der Waals surface area contributed by atoms with Gasteiger partial charge in [-0.2, -0.15) is 0 Å². The van der Waals surface area contributed by atoms with Crippen molar-refractivity contribution in [3.8, 4) is 11.5 Å². The number of carbonyl (C=O) groups excluding carboxylic acids is 2. The number of esters is 2. The van der Waals surface area contributed by atoms with Gasteiger partial charge in [0, 0.05) is 10.8 Å². The monoisotopic (exact) mass is 638 g/mol. The Kier molecular flexibility index (Phi) is 5.54. The summed E-state index contributed by atoms with van der Waals surface area (Å²) in [7, 11) is 0. The van der Waals surface area contributed by atoms with E-state index >= 15 is 0 Å². The van der Waals surface area contributed by atoms with Gasteiger partial charge in [-0.15, -0.1) is 0 Å². The molecule has 0 spiro atoms. The predicted octanol–water partition coefficient (Wildman–Crippen LogP) is 7.44. The summed E-state index contributed by atoms with van der Waals surface area (Å²) in [6, 6.07) is 22.5. The second-order valence-corrected chi connectivity index (χ2v) is 15.8. The van der Waals surface area contributed by atoms with Gasteiger partial charge in [-0.3, -0.25) is 9.59 Å². The maximum absolute atomic E-state index is 14.7. The summed E-state index contributed by atoms with van der Waals surface area (Å²) >= 11 is 0. The molecule has 2 heterocycles. The standard InChI is InChI=1S/C40H38N4O4/c1-35(2)37(5)19-21-39(35,31-29(37)41-23-13-7-9-15-25(23)43-31)33(45)47-27-17-11-12-18-28(27)48-34(46)40-22-20-38(6,36(40,3)4)30-32(40)44-26-16-10-8-14-24(26)42-30/h7-18H,19-22H2,1-6H3. The van der Waals surface area contributed by atoms with E-state index in [-0.39, 0.29) is 22.3 Å². The molecule has 4 atom stereocenters. The Hall–Kier alpha value is -4.72. The summed E-state index contributed by atoms with van der Waals surface area (Å²) < 4.78 is 12.7. The van der Waals surface area contributed by atoms with E-state index in [2.05, 4.69) is 41.5 Å². The van der Waals surface area contributed by atoms with Crippen LogP contribution in [0.3, 0.4) is 0 Å². The van der Waals surface area contributed by atoms with Crippen molar-refractivity contribution in [2.75, 3.05) is 0 Å². The zero-order valence-corrected chi connectivity index (χ0v) is 28.2. The summed E-state index contributed by atoms with van der Waals surface area (Å²) in [5.41, 5.74) is 2.49. The van der Waals surface area contributed by atoms with E-state index in [1.807, 2.05) is 48.5 Å². The first-order valence-corrected chi connectivity index (χ1v) is 16.9. The molecule has 8 nitrogen and oxygen atoms in total. The molecule has 0 aliphatic heterocycles. The summed E-state index contributed by atoms with van der Waals surface area (Å²) in [5, 5.41) is 0. The fourth-order valence-corrected chi connectivity index (χ4v) is 9.99. The van der Waals surface area contributed by atoms with Gasteiger partial charge < -0.3 is 9.47 Å². The average molecular weight is 639 g/mol. The maximum Gasteiger partial charge on any atom is 0.324 e. The molecule has 0 amide bonds. The maximum atomic E-state index is 14.7. The van der Waals surface area contributed by atoms with Crippen LogP contribution in [0.1, 0.15) is 90.0 Å². The summed E-state index contributed by atoms with van der Waals surface area (Å²) in [6.07, 6.45) is 2.77. The first kappa shape index (κ1) is 29.4. The highest BCUT2D eigenvalue weighted by Gasteiger charge is 2.75. The second kappa shape index (κ2) is 9.04. The van der Waals surface area contributed by atoms with Crippen molar-refractivity contribution < 1.29 is 19.1 Å². The molecule has 0 saturated heterocycles. The Morgan fingerprint density at radius 1 is 0.479 bits per heavy atom. The van der Waals surface area contributed by atoms with Crippen molar-refractivity contribution in [3.05, 3.63) is 95.6 Å². The lowest BCUT2D eigenvalue weighted by Crippen LogP contribution is -2.48. The SMILES string of the molecule is CC12CCC(C(=O)Oc3ccccc3OC(=O)C34CCC(C)(c5nc6ccccc6nc53)C4(C)C)(c3nc4ccccc4nc31)C2(C)C. The third-order valence-corrected chi connectivity index (χ3v) is 13.8. The van der Waals surface area contributed by atoms with Crippen LogP contribution >= 0.6 is 0 Å². The van der Waals surface area contributed by atoms with Gasteiger partial charge in [0.1, 0.15) is 10.8 Å². The van der Waals surface area contributed by atoms with Gasteiger partial charge in [0.15, 0.2) is 11.5 Å². The molecule has 2 aromatic heterocycles. The number of benzene rings is 3. The molecule has 4 unspecified atom stereocenters. The first-order valence-electron chi connectivity index (χ1n) is 16.9. The van der Waals surface area contributed by atoms with Crippen LogP contribution in [0.4, 0.5) is 0 Å². The van der Waals surface area contributed by atoms with Gasteiger partial charge in [-0.05, 0) is 72.9 Å². The number of aromatic nitrogens is 4. The fourth-order valence-electron chi connectivity index (χ4n) is 9.99. The largest absolute Gasteiger partial charge is 0.422 e. The quantitative estimate of drug-likeness (QED) is 0.148. The highest BCUT2D eigenvalue weighted by Crippen LogP contribution is 2.72. The molecule has 242 valence electrons. The van der Waals surface area contributed by atoms with Crippen molar-refractivity contribution in [1.29, 1.82) is 0 Å². The third kappa shape index (κ3) is 3.13. The number of hydrogen-bond acceptors (Lipinski definition) is 8. The third-order valence-electron chi connectivity index (χ3n) is 13.8. The van der Waals surface area contributed by atoms with Crippen LogP contribution < -0.4 is 9.47 Å². The van der Waals surface area contributed by atoms with Crippen molar-refractivity contribution in [2.45, 2.75) is 88.9 Å². The van der Waals surface area contributed by atoms with Crippen LogP contribution in [0.5, 0.6) is 11.5 Å². The van der Waals surface area contributed by atoms with E-state index in [9.17, 15) is 9.59 Å². The van der Waals surface area contributed by atoms with Gasteiger partial charge in [0.2, 0.25) is 0 Å².